The summed E-state index contributed by atoms with van der Waals surface area (Å²) in [5.74, 6) is -0.0823. The second-order valence-corrected chi connectivity index (χ2v) is 6.40. The Labute approximate surface area is 142 Å². The van der Waals surface area contributed by atoms with Gasteiger partial charge < -0.3 is 15.0 Å². The summed E-state index contributed by atoms with van der Waals surface area (Å²) in [5.41, 5.74) is 3.98. The highest BCUT2D eigenvalue weighted by atomic mass is 16.5. The van der Waals surface area contributed by atoms with Crippen molar-refractivity contribution >= 4 is 16.9 Å². The van der Waals surface area contributed by atoms with E-state index in [1.807, 2.05) is 19.9 Å². The van der Waals surface area contributed by atoms with Crippen molar-refractivity contribution in [3.05, 3.63) is 35.2 Å². The number of rotatable bonds is 4. The molecule has 1 unspecified atom stereocenters. The van der Waals surface area contributed by atoms with E-state index in [0.717, 1.165) is 48.5 Å². The van der Waals surface area contributed by atoms with E-state index in [1.165, 1.54) is 0 Å². The summed E-state index contributed by atoms with van der Waals surface area (Å²) in [4.78, 5) is 23.6. The van der Waals surface area contributed by atoms with Crippen LogP contribution < -0.4 is 5.32 Å². The molecule has 0 radical (unpaired) electrons. The van der Waals surface area contributed by atoms with E-state index < -0.39 is 0 Å². The molecule has 24 heavy (non-hydrogen) atoms. The summed E-state index contributed by atoms with van der Waals surface area (Å²) in [6.45, 7) is 7.12. The highest BCUT2D eigenvalue weighted by molar-refractivity contribution is 5.97. The number of nitrogens with one attached hydrogen (secondary N) is 1. The minimum absolute atomic E-state index is 0.0823. The lowest BCUT2D eigenvalue weighted by Gasteiger charge is -2.30. The molecule has 1 saturated heterocycles. The van der Waals surface area contributed by atoms with Crippen LogP contribution in [0.3, 0.4) is 0 Å². The van der Waals surface area contributed by atoms with E-state index in [0.29, 0.717) is 12.1 Å². The Balaban J connectivity index is 1.60. The first kappa shape index (κ1) is 16.8. The van der Waals surface area contributed by atoms with E-state index in [4.69, 9.17) is 4.74 Å². The standard InChI is InChI=1S/C18H24N4O2/c1-12-13(2)21-17-10-14(4-5-16(17)20-12)18(23)19-7-6-15-11-22(3)8-9-24-15/h4-5,10,15H,6-9,11H2,1-3H3,(H,19,23). The van der Waals surface area contributed by atoms with Gasteiger partial charge in [-0.15, -0.1) is 0 Å². The maximum Gasteiger partial charge on any atom is 0.251 e. The molecule has 3 rings (SSSR count). The lowest BCUT2D eigenvalue weighted by Crippen LogP contribution is -2.41. The molecule has 2 aromatic rings. The van der Waals surface area contributed by atoms with Gasteiger partial charge in [-0.25, -0.2) is 9.97 Å². The van der Waals surface area contributed by atoms with Crippen molar-refractivity contribution in [3.63, 3.8) is 0 Å². The monoisotopic (exact) mass is 328 g/mol. The van der Waals surface area contributed by atoms with Crippen molar-refractivity contribution in [2.24, 2.45) is 0 Å². The lowest BCUT2D eigenvalue weighted by atomic mass is 10.1. The van der Waals surface area contributed by atoms with Crippen LogP contribution in [0.15, 0.2) is 18.2 Å². The number of morpholine rings is 1. The average Bonchev–Trinajstić information content (AvgIpc) is 2.55. The Morgan fingerprint density at radius 3 is 2.79 bits per heavy atom. The second-order valence-electron chi connectivity index (χ2n) is 6.40. The molecule has 0 spiro atoms. The Hall–Kier alpha value is -2.05. The summed E-state index contributed by atoms with van der Waals surface area (Å²) in [7, 11) is 2.09. The van der Waals surface area contributed by atoms with Crippen molar-refractivity contribution in [1.29, 1.82) is 0 Å². The summed E-state index contributed by atoms with van der Waals surface area (Å²) in [6.07, 6.45) is 1.01. The van der Waals surface area contributed by atoms with Gasteiger partial charge in [0.15, 0.2) is 0 Å². The normalized spacial score (nSPS) is 18.7. The Kier molecular flexibility index (Phi) is 5.06. The Bertz CT molecular complexity index is 747. The fourth-order valence-corrected chi connectivity index (χ4v) is 2.86. The number of carbonyl (C=O) groups excluding carboxylic acids is 1. The molecule has 6 nitrogen and oxygen atoms in total. The fourth-order valence-electron chi connectivity index (χ4n) is 2.86. The number of hydrogen-bond donors (Lipinski definition) is 1. The number of carbonyl (C=O) groups is 1. The molecule has 6 heteroatoms. The van der Waals surface area contributed by atoms with Crippen molar-refractivity contribution < 1.29 is 9.53 Å². The summed E-state index contributed by atoms with van der Waals surface area (Å²) in [6, 6.07) is 5.45. The molecule has 1 fully saturated rings. The molecule has 1 aromatic heterocycles. The number of aryl methyl sites for hydroxylation is 2. The molecular formula is C18H24N4O2. The van der Waals surface area contributed by atoms with Crippen LogP contribution in [0.1, 0.15) is 28.2 Å². The van der Waals surface area contributed by atoms with Crippen LogP contribution in [-0.2, 0) is 4.74 Å². The van der Waals surface area contributed by atoms with Gasteiger partial charge >= 0.3 is 0 Å². The molecule has 1 aliphatic heterocycles. The van der Waals surface area contributed by atoms with Crippen LogP contribution in [0.2, 0.25) is 0 Å². The third-order valence-corrected chi connectivity index (χ3v) is 4.43. The largest absolute Gasteiger partial charge is 0.375 e. The van der Waals surface area contributed by atoms with Crippen molar-refractivity contribution in [3.8, 4) is 0 Å². The van der Waals surface area contributed by atoms with E-state index >= 15 is 0 Å². The zero-order valence-electron chi connectivity index (χ0n) is 14.5. The average molecular weight is 328 g/mol. The van der Waals surface area contributed by atoms with Gasteiger partial charge in [0, 0.05) is 25.2 Å². The van der Waals surface area contributed by atoms with Crippen LogP contribution in [0.5, 0.6) is 0 Å². The zero-order valence-corrected chi connectivity index (χ0v) is 14.5. The quantitative estimate of drug-likeness (QED) is 0.925. The molecule has 1 aliphatic rings. The first-order valence-corrected chi connectivity index (χ1v) is 8.36. The van der Waals surface area contributed by atoms with Crippen LogP contribution >= 0.6 is 0 Å². The number of ether oxygens (including phenoxy) is 1. The van der Waals surface area contributed by atoms with Gasteiger partial charge in [0.1, 0.15) is 0 Å². The van der Waals surface area contributed by atoms with Crippen LogP contribution in [-0.4, -0.2) is 60.2 Å². The molecule has 0 saturated carbocycles. The maximum atomic E-state index is 12.3. The van der Waals surface area contributed by atoms with E-state index in [2.05, 4.69) is 27.2 Å². The van der Waals surface area contributed by atoms with Gasteiger partial charge in [-0.2, -0.15) is 0 Å². The number of aromatic nitrogens is 2. The molecule has 1 N–H and O–H groups in total. The maximum absolute atomic E-state index is 12.3. The summed E-state index contributed by atoms with van der Waals surface area (Å²) >= 11 is 0. The highest BCUT2D eigenvalue weighted by Crippen LogP contribution is 2.14. The summed E-state index contributed by atoms with van der Waals surface area (Å²) < 4.78 is 5.71. The minimum Gasteiger partial charge on any atom is -0.375 e. The number of fused-ring (bicyclic) bond motifs is 1. The Morgan fingerprint density at radius 2 is 2.04 bits per heavy atom. The molecule has 1 atom stereocenters. The molecule has 1 amide bonds. The van der Waals surface area contributed by atoms with Gasteiger partial charge in [-0.3, -0.25) is 4.79 Å². The molecule has 0 aliphatic carbocycles. The predicted octanol–water partition coefficient (Wildman–Crippen LogP) is 1.70. The number of amides is 1. The van der Waals surface area contributed by atoms with E-state index in [-0.39, 0.29) is 12.0 Å². The first-order chi connectivity index (χ1) is 11.5. The van der Waals surface area contributed by atoms with Gasteiger partial charge in [0.05, 0.1) is 35.1 Å². The number of nitrogens with zero attached hydrogens (tertiary/aromatic N) is 3. The third-order valence-electron chi connectivity index (χ3n) is 4.43. The Morgan fingerprint density at radius 1 is 1.29 bits per heavy atom. The van der Waals surface area contributed by atoms with Gasteiger partial charge in [-0.05, 0) is 45.5 Å². The fraction of sp³-hybridized carbons (Fsp3) is 0.500. The van der Waals surface area contributed by atoms with Crippen molar-refractivity contribution in [1.82, 2.24) is 20.2 Å². The minimum atomic E-state index is -0.0823. The molecule has 2 heterocycles. The molecule has 0 bridgehead atoms. The van der Waals surface area contributed by atoms with Crippen LogP contribution in [0.25, 0.3) is 11.0 Å². The molecule has 1 aromatic carbocycles. The van der Waals surface area contributed by atoms with Gasteiger partial charge in [0.2, 0.25) is 0 Å². The molecule has 128 valence electrons. The van der Waals surface area contributed by atoms with Gasteiger partial charge in [-0.1, -0.05) is 0 Å². The van der Waals surface area contributed by atoms with Crippen LogP contribution in [0.4, 0.5) is 0 Å². The molecular weight excluding hydrogens is 304 g/mol. The van der Waals surface area contributed by atoms with Crippen LogP contribution in [0, 0.1) is 13.8 Å². The van der Waals surface area contributed by atoms with Crippen molar-refractivity contribution in [2.75, 3.05) is 33.3 Å². The lowest BCUT2D eigenvalue weighted by molar-refractivity contribution is -0.0226. The summed E-state index contributed by atoms with van der Waals surface area (Å²) in [5, 5.41) is 2.97. The third kappa shape index (κ3) is 3.88. The smallest absolute Gasteiger partial charge is 0.251 e. The first-order valence-electron chi connectivity index (χ1n) is 8.36. The number of benzene rings is 1. The highest BCUT2D eigenvalue weighted by Gasteiger charge is 2.17. The van der Waals surface area contributed by atoms with E-state index in [9.17, 15) is 4.79 Å². The number of likely N-dealkylation sites (N-methyl/N-ethyl adjacent to an activating group) is 1. The van der Waals surface area contributed by atoms with Gasteiger partial charge in [0.25, 0.3) is 5.91 Å². The zero-order chi connectivity index (χ0) is 17.1. The van der Waals surface area contributed by atoms with E-state index in [1.54, 1.807) is 12.1 Å². The van der Waals surface area contributed by atoms with Crippen molar-refractivity contribution in [2.45, 2.75) is 26.4 Å². The second kappa shape index (κ2) is 7.23. The number of hydrogen-bond acceptors (Lipinski definition) is 5. The SMILES string of the molecule is Cc1nc2ccc(C(=O)NCCC3CN(C)CCO3)cc2nc1C. The predicted molar refractivity (Wildman–Crippen MR) is 93.2 cm³/mol. The topological polar surface area (TPSA) is 67.4 Å².